The summed E-state index contributed by atoms with van der Waals surface area (Å²) in [6.45, 7) is 1.01. The summed E-state index contributed by atoms with van der Waals surface area (Å²) in [5.41, 5.74) is -0.523. The summed E-state index contributed by atoms with van der Waals surface area (Å²) in [7, 11) is 0. The number of likely N-dealkylation sites (tertiary alicyclic amines) is 1. The van der Waals surface area contributed by atoms with Gasteiger partial charge in [0, 0.05) is 31.2 Å². The van der Waals surface area contributed by atoms with E-state index in [2.05, 4.69) is 0 Å². The Labute approximate surface area is 108 Å². The van der Waals surface area contributed by atoms with Crippen LogP contribution in [-0.2, 0) is 6.18 Å². The molecule has 0 aromatic heterocycles. The van der Waals surface area contributed by atoms with Crippen molar-refractivity contribution in [1.82, 2.24) is 4.90 Å². The second-order valence-electron chi connectivity index (χ2n) is 4.66. The summed E-state index contributed by atoms with van der Waals surface area (Å²) < 4.78 is 37.2. The van der Waals surface area contributed by atoms with Crippen LogP contribution in [0.25, 0.3) is 0 Å². The molecule has 2 rings (SSSR count). The van der Waals surface area contributed by atoms with Crippen molar-refractivity contribution in [2.24, 2.45) is 5.92 Å². The van der Waals surface area contributed by atoms with Crippen LogP contribution in [0.3, 0.4) is 0 Å². The predicted molar refractivity (Wildman–Crippen MR) is 62.5 cm³/mol. The van der Waals surface area contributed by atoms with Gasteiger partial charge < -0.3 is 10.0 Å². The number of hydrogen-bond donors (Lipinski definition) is 1. The van der Waals surface area contributed by atoms with Crippen molar-refractivity contribution in [2.45, 2.75) is 12.6 Å². The summed E-state index contributed by atoms with van der Waals surface area (Å²) in [6, 6.07) is 4.20. The Morgan fingerprint density at radius 3 is 2.42 bits per heavy atom. The maximum absolute atomic E-state index is 12.4. The first-order valence-corrected chi connectivity index (χ1v) is 5.99. The van der Waals surface area contributed by atoms with Crippen LogP contribution in [-0.4, -0.2) is 35.6 Å². The highest BCUT2D eigenvalue weighted by molar-refractivity contribution is 5.94. The number of rotatable bonds is 2. The number of aliphatic hydroxyl groups is 1. The van der Waals surface area contributed by atoms with Gasteiger partial charge in [-0.05, 0) is 30.7 Å². The molecule has 1 unspecified atom stereocenters. The molecular formula is C13H14F3NO2. The SMILES string of the molecule is O=C(c1ccc(C(F)(F)F)cc1)N1CCC(CO)C1. The molecule has 1 amide bonds. The van der Waals surface area contributed by atoms with Gasteiger partial charge >= 0.3 is 6.18 Å². The summed E-state index contributed by atoms with van der Waals surface area (Å²) in [4.78, 5) is 13.6. The molecule has 1 N–H and O–H groups in total. The Balaban J connectivity index is 2.08. The molecule has 1 heterocycles. The standard InChI is InChI=1S/C13H14F3NO2/c14-13(15,16)11-3-1-10(2-4-11)12(19)17-6-5-9(7-17)8-18/h1-4,9,18H,5-8H2. The highest BCUT2D eigenvalue weighted by Crippen LogP contribution is 2.29. The van der Waals surface area contributed by atoms with E-state index in [4.69, 9.17) is 5.11 Å². The van der Waals surface area contributed by atoms with E-state index in [0.717, 1.165) is 18.6 Å². The maximum atomic E-state index is 12.4. The van der Waals surface area contributed by atoms with E-state index in [9.17, 15) is 18.0 Å². The smallest absolute Gasteiger partial charge is 0.396 e. The van der Waals surface area contributed by atoms with Crippen LogP contribution < -0.4 is 0 Å². The Kier molecular flexibility index (Phi) is 3.80. The van der Waals surface area contributed by atoms with E-state index < -0.39 is 11.7 Å². The molecule has 0 saturated carbocycles. The van der Waals surface area contributed by atoms with Gasteiger partial charge in [0.25, 0.3) is 5.91 Å². The Morgan fingerprint density at radius 1 is 1.32 bits per heavy atom. The normalized spacial score (nSPS) is 19.8. The lowest BCUT2D eigenvalue weighted by atomic mass is 10.1. The van der Waals surface area contributed by atoms with Crippen molar-refractivity contribution in [3.05, 3.63) is 35.4 Å². The molecule has 1 saturated heterocycles. The van der Waals surface area contributed by atoms with Crippen LogP contribution in [0.4, 0.5) is 13.2 Å². The maximum Gasteiger partial charge on any atom is 0.416 e. The van der Waals surface area contributed by atoms with Gasteiger partial charge in [0.2, 0.25) is 0 Å². The Bertz CT molecular complexity index is 456. The summed E-state index contributed by atoms with van der Waals surface area (Å²) in [5, 5.41) is 9.00. The zero-order valence-corrected chi connectivity index (χ0v) is 10.2. The average molecular weight is 273 g/mol. The van der Waals surface area contributed by atoms with Crippen molar-refractivity contribution in [2.75, 3.05) is 19.7 Å². The van der Waals surface area contributed by atoms with E-state index in [1.165, 1.54) is 12.1 Å². The Morgan fingerprint density at radius 2 is 1.95 bits per heavy atom. The van der Waals surface area contributed by atoms with Gasteiger partial charge in [-0.1, -0.05) is 0 Å². The minimum Gasteiger partial charge on any atom is -0.396 e. The summed E-state index contributed by atoms with van der Waals surface area (Å²) in [5.74, 6) is -0.219. The van der Waals surface area contributed by atoms with E-state index in [1.807, 2.05) is 0 Å². The van der Waals surface area contributed by atoms with E-state index in [0.29, 0.717) is 13.1 Å². The van der Waals surface area contributed by atoms with Gasteiger partial charge in [-0.3, -0.25) is 4.79 Å². The number of carbonyl (C=O) groups excluding carboxylic acids is 1. The molecule has 6 heteroatoms. The number of halogens is 3. The highest BCUT2D eigenvalue weighted by Gasteiger charge is 2.31. The predicted octanol–water partition coefficient (Wildman–Crippen LogP) is 2.16. The molecule has 1 aromatic rings. The lowest BCUT2D eigenvalue weighted by molar-refractivity contribution is -0.137. The second kappa shape index (κ2) is 5.21. The molecule has 1 aliphatic heterocycles. The molecule has 1 fully saturated rings. The van der Waals surface area contributed by atoms with Gasteiger partial charge in [-0.25, -0.2) is 0 Å². The van der Waals surface area contributed by atoms with Gasteiger partial charge in [0.05, 0.1) is 5.56 Å². The zero-order chi connectivity index (χ0) is 14.0. The van der Waals surface area contributed by atoms with E-state index in [-0.39, 0.29) is 24.0 Å². The average Bonchev–Trinajstić information content (AvgIpc) is 2.86. The molecule has 1 aliphatic rings. The topological polar surface area (TPSA) is 40.5 Å². The van der Waals surface area contributed by atoms with Crippen LogP contribution in [0.2, 0.25) is 0 Å². The van der Waals surface area contributed by atoms with Crippen LogP contribution >= 0.6 is 0 Å². The number of aliphatic hydroxyl groups excluding tert-OH is 1. The first-order valence-electron chi connectivity index (χ1n) is 5.99. The van der Waals surface area contributed by atoms with Gasteiger partial charge in [0.1, 0.15) is 0 Å². The van der Waals surface area contributed by atoms with E-state index in [1.54, 1.807) is 4.90 Å². The monoisotopic (exact) mass is 273 g/mol. The van der Waals surface area contributed by atoms with E-state index >= 15 is 0 Å². The number of hydrogen-bond acceptors (Lipinski definition) is 2. The first-order chi connectivity index (χ1) is 8.91. The quantitative estimate of drug-likeness (QED) is 0.897. The number of alkyl halides is 3. The fourth-order valence-corrected chi connectivity index (χ4v) is 2.15. The number of carbonyl (C=O) groups is 1. The van der Waals surface area contributed by atoms with Crippen LogP contribution in [0.15, 0.2) is 24.3 Å². The third kappa shape index (κ3) is 3.07. The molecule has 19 heavy (non-hydrogen) atoms. The van der Waals surface area contributed by atoms with Crippen molar-refractivity contribution in [1.29, 1.82) is 0 Å². The largest absolute Gasteiger partial charge is 0.416 e. The minimum absolute atomic E-state index is 0.0246. The fourth-order valence-electron chi connectivity index (χ4n) is 2.15. The van der Waals surface area contributed by atoms with Crippen LogP contribution in [0.1, 0.15) is 22.3 Å². The highest BCUT2D eigenvalue weighted by atomic mass is 19.4. The molecule has 1 atom stereocenters. The molecule has 0 bridgehead atoms. The van der Waals surface area contributed by atoms with Crippen LogP contribution in [0.5, 0.6) is 0 Å². The number of benzene rings is 1. The number of amides is 1. The summed E-state index contributed by atoms with van der Waals surface area (Å²) in [6.07, 6.45) is -3.67. The summed E-state index contributed by atoms with van der Waals surface area (Å²) >= 11 is 0. The van der Waals surface area contributed by atoms with Gasteiger partial charge in [-0.2, -0.15) is 13.2 Å². The molecule has 0 spiro atoms. The molecule has 1 aromatic carbocycles. The lowest BCUT2D eigenvalue weighted by Crippen LogP contribution is -2.29. The van der Waals surface area contributed by atoms with Crippen molar-refractivity contribution in [3.63, 3.8) is 0 Å². The fraction of sp³-hybridized carbons (Fsp3) is 0.462. The Hall–Kier alpha value is -1.56. The third-order valence-corrected chi connectivity index (χ3v) is 3.29. The first kappa shape index (κ1) is 13.9. The molecular weight excluding hydrogens is 259 g/mol. The van der Waals surface area contributed by atoms with Crippen molar-refractivity contribution < 1.29 is 23.1 Å². The minimum atomic E-state index is -4.39. The molecule has 0 radical (unpaired) electrons. The number of nitrogens with zero attached hydrogens (tertiary/aromatic N) is 1. The van der Waals surface area contributed by atoms with Crippen molar-refractivity contribution >= 4 is 5.91 Å². The van der Waals surface area contributed by atoms with Gasteiger partial charge in [0.15, 0.2) is 0 Å². The molecule has 104 valence electrons. The zero-order valence-electron chi connectivity index (χ0n) is 10.2. The lowest BCUT2D eigenvalue weighted by Gasteiger charge is -2.16. The third-order valence-electron chi connectivity index (χ3n) is 3.29. The van der Waals surface area contributed by atoms with Gasteiger partial charge in [-0.15, -0.1) is 0 Å². The molecule has 3 nitrogen and oxygen atoms in total. The second-order valence-corrected chi connectivity index (χ2v) is 4.66. The van der Waals surface area contributed by atoms with Crippen LogP contribution in [0, 0.1) is 5.92 Å². The van der Waals surface area contributed by atoms with Crippen molar-refractivity contribution in [3.8, 4) is 0 Å². The molecule has 0 aliphatic carbocycles.